The highest BCUT2D eigenvalue weighted by Crippen LogP contribution is 2.19. The van der Waals surface area contributed by atoms with Gasteiger partial charge in [-0.25, -0.2) is 9.37 Å². The Labute approximate surface area is 196 Å². The Morgan fingerprint density at radius 2 is 1.74 bits per heavy atom. The number of carbonyl (C=O) groups excluding carboxylic acids is 2. The molecule has 0 bridgehead atoms. The summed E-state index contributed by atoms with van der Waals surface area (Å²) in [5.41, 5.74) is 1.20. The van der Waals surface area contributed by atoms with Crippen molar-refractivity contribution < 1.29 is 18.7 Å². The smallest absolute Gasteiger partial charge is 0.257 e. The predicted molar refractivity (Wildman–Crippen MR) is 127 cm³/mol. The topological polar surface area (TPSA) is 99.7 Å². The second kappa shape index (κ2) is 10.7. The Kier molecular flexibility index (Phi) is 7.28. The molecule has 2 N–H and O–H groups in total. The van der Waals surface area contributed by atoms with Gasteiger partial charge in [0.15, 0.2) is 0 Å². The maximum atomic E-state index is 13.1. The van der Waals surface area contributed by atoms with Crippen LogP contribution in [0.4, 0.5) is 21.7 Å². The molecule has 9 nitrogen and oxygen atoms in total. The molecule has 1 aromatic heterocycles. The summed E-state index contributed by atoms with van der Waals surface area (Å²) in [6.45, 7) is 2.89. The molecular weight excluding hydrogens is 439 g/mol. The molecule has 3 aromatic rings. The number of carbonyl (C=O) groups is 2. The molecular formula is C24H25FN6O3. The first-order valence-electron chi connectivity index (χ1n) is 10.8. The van der Waals surface area contributed by atoms with Crippen LogP contribution in [0.3, 0.4) is 0 Å². The Morgan fingerprint density at radius 3 is 2.47 bits per heavy atom. The third-order valence-electron chi connectivity index (χ3n) is 5.40. The summed E-state index contributed by atoms with van der Waals surface area (Å²) in [6, 6.07) is 14.0. The summed E-state index contributed by atoms with van der Waals surface area (Å²) in [5.74, 6) is 0.114. The van der Waals surface area contributed by atoms with Gasteiger partial charge in [-0.2, -0.15) is 4.98 Å². The Morgan fingerprint density at radius 1 is 1.00 bits per heavy atom. The van der Waals surface area contributed by atoms with Gasteiger partial charge < -0.3 is 20.3 Å². The van der Waals surface area contributed by atoms with Crippen molar-refractivity contribution in [1.82, 2.24) is 14.9 Å². The van der Waals surface area contributed by atoms with Crippen LogP contribution in [-0.4, -0.2) is 66.5 Å². The van der Waals surface area contributed by atoms with Crippen molar-refractivity contribution in [2.24, 2.45) is 0 Å². The fourth-order valence-corrected chi connectivity index (χ4v) is 3.62. The molecule has 2 amide bonds. The molecule has 2 aromatic carbocycles. The largest absolute Gasteiger partial charge is 0.481 e. The lowest BCUT2D eigenvalue weighted by Crippen LogP contribution is -2.49. The van der Waals surface area contributed by atoms with Gasteiger partial charge in [0.1, 0.15) is 5.82 Å². The first kappa shape index (κ1) is 23.1. The van der Waals surface area contributed by atoms with E-state index in [0.29, 0.717) is 54.9 Å². The van der Waals surface area contributed by atoms with Crippen LogP contribution in [0, 0.1) is 5.82 Å². The van der Waals surface area contributed by atoms with Crippen LogP contribution >= 0.6 is 0 Å². The maximum absolute atomic E-state index is 13.1. The summed E-state index contributed by atoms with van der Waals surface area (Å²) in [4.78, 5) is 38.2. The van der Waals surface area contributed by atoms with Crippen molar-refractivity contribution >= 4 is 29.1 Å². The fraction of sp³-hybridized carbons (Fsp3) is 0.250. The van der Waals surface area contributed by atoms with Gasteiger partial charge in [-0.15, -0.1) is 0 Å². The minimum atomic E-state index is -0.394. The van der Waals surface area contributed by atoms with Gasteiger partial charge in [0.05, 0.1) is 24.9 Å². The van der Waals surface area contributed by atoms with Crippen molar-refractivity contribution in [1.29, 1.82) is 0 Å². The molecule has 0 spiro atoms. The van der Waals surface area contributed by atoms with E-state index < -0.39 is 5.91 Å². The van der Waals surface area contributed by atoms with Crippen molar-refractivity contribution in [3.05, 3.63) is 72.2 Å². The van der Waals surface area contributed by atoms with Crippen LogP contribution in [0.2, 0.25) is 0 Å². The average Bonchev–Trinajstić information content (AvgIpc) is 2.86. The number of amides is 2. The van der Waals surface area contributed by atoms with Crippen LogP contribution in [0.1, 0.15) is 10.4 Å². The van der Waals surface area contributed by atoms with Crippen molar-refractivity contribution in [2.75, 3.05) is 55.4 Å². The minimum Gasteiger partial charge on any atom is -0.481 e. The van der Waals surface area contributed by atoms with E-state index in [0.717, 1.165) is 0 Å². The van der Waals surface area contributed by atoms with Crippen LogP contribution in [0.25, 0.3) is 0 Å². The standard InChI is InChI=1S/C24H25FN6O3/c1-34-22-10-11-26-24(29-22)31-14-12-30(13-15-31)16-21(32)28-20-5-3-2-4-19(20)23(33)27-18-8-6-17(25)7-9-18/h2-11H,12-16H2,1H3,(H,27,33)(H,28,32). The Bertz CT molecular complexity index is 1150. The summed E-state index contributed by atoms with van der Waals surface area (Å²) < 4.78 is 18.3. The van der Waals surface area contributed by atoms with E-state index in [2.05, 4.69) is 20.6 Å². The number of nitrogens with one attached hydrogen (secondary N) is 2. The number of rotatable bonds is 7. The number of nitrogens with zero attached hydrogens (tertiary/aromatic N) is 4. The van der Waals surface area contributed by atoms with Crippen LogP contribution in [0.5, 0.6) is 5.88 Å². The number of halogens is 1. The lowest BCUT2D eigenvalue weighted by molar-refractivity contribution is -0.117. The predicted octanol–water partition coefficient (Wildman–Crippen LogP) is 2.64. The van der Waals surface area contributed by atoms with E-state index in [1.165, 1.54) is 24.3 Å². The van der Waals surface area contributed by atoms with Crippen LogP contribution in [0.15, 0.2) is 60.8 Å². The van der Waals surface area contributed by atoms with Gasteiger partial charge in [-0.05, 0) is 36.4 Å². The number of hydrogen-bond acceptors (Lipinski definition) is 7. The molecule has 176 valence electrons. The van der Waals surface area contributed by atoms with Gasteiger partial charge >= 0.3 is 0 Å². The second-order valence-corrected chi connectivity index (χ2v) is 7.72. The molecule has 0 aliphatic carbocycles. The maximum Gasteiger partial charge on any atom is 0.257 e. The van der Waals surface area contributed by atoms with Gasteiger partial charge in [-0.3, -0.25) is 14.5 Å². The van der Waals surface area contributed by atoms with E-state index in [1.54, 1.807) is 43.6 Å². The van der Waals surface area contributed by atoms with Gasteiger partial charge in [-0.1, -0.05) is 12.1 Å². The average molecular weight is 465 g/mol. The highest BCUT2D eigenvalue weighted by atomic mass is 19.1. The molecule has 10 heteroatoms. The fourth-order valence-electron chi connectivity index (χ4n) is 3.62. The Balaban J connectivity index is 1.32. The number of piperazine rings is 1. The summed E-state index contributed by atoms with van der Waals surface area (Å²) in [7, 11) is 1.56. The second-order valence-electron chi connectivity index (χ2n) is 7.72. The third-order valence-corrected chi connectivity index (χ3v) is 5.40. The lowest BCUT2D eigenvalue weighted by atomic mass is 10.1. The van der Waals surface area contributed by atoms with Crippen LogP contribution in [-0.2, 0) is 4.79 Å². The molecule has 1 aliphatic rings. The van der Waals surface area contributed by atoms with Gasteiger partial charge in [0, 0.05) is 44.1 Å². The summed E-state index contributed by atoms with van der Waals surface area (Å²) >= 11 is 0. The third kappa shape index (κ3) is 5.84. The number of hydrogen-bond donors (Lipinski definition) is 2. The normalized spacial score (nSPS) is 13.9. The molecule has 1 fully saturated rings. The van der Waals surface area contributed by atoms with Crippen molar-refractivity contribution in [3.8, 4) is 5.88 Å². The molecule has 4 rings (SSSR count). The summed E-state index contributed by atoms with van der Waals surface area (Å²) in [5, 5.41) is 5.55. The SMILES string of the molecule is COc1ccnc(N2CCN(CC(=O)Nc3ccccc3C(=O)Nc3ccc(F)cc3)CC2)n1. The van der Waals surface area contributed by atoms with Gasteiger partial charge in [0.2, 0.25) is 17.7 Å². The minimum absolute atomic E-state index is 0.195. The summed E-state index contributed by atoms with van der Waals surface area (Å²) in [6.07, 6.45) is 1.66. The highest BCUT2D eigenvalue weighted by Gasteiger charge is 2.22. The molecule has 1 saturated heterocycles. The van der Waals surface area contributed by atoms with Crippen LogP contribution < -0.4 is 20.3 Å². The quantitative estimate of drug-likeness (QED) is 0.555. The zero-order chi connectivity index (χ0) is 23.9. The number of benzene rings is 2. The van der Waals surface area contributed by atoms with Crippen molar-refractivity contribution in [3.63, 3.8) is 0 Å². The zero-order valence-corrected chi connectivity index (χ0v) is 18.7. The number of methoxy groups -OCH3 is 1. The van der Waals surface area contributed by atoms with E-state index in [9.17, 15) is 14.0 Å². The Hall–Kier alpha value is -4.05. The number of ether oxygens (including phenoxy) is 1. The molecule has 1 aliphatic heterocycles. The van der Waals surface area contributed by atoms with E-state index in [1.807, 2.05) is 9.80 Å². The van der Waals surface area contributed by atoms with Gasteiger partial charge in [0.25, 0.3) is 5.91 Å². The lowest BCUT2D eigenvalue weighted by Gasteiger charge is -2.34. The van der Waals surface area contributed by atoms with Crippen molar-refractivity contribution in [2.45, 2.75) is 0 Å². The first-order valence-corrected chi connectivity index (χ1v) is 10.8. The highest BCUT2D eigenvalue weighted by molar-refractivity contribution is 6.10. The first-order chi connectivity index (χ1) is 16.5. The van der Waals surface area contributed by atoms with E-state index in [4.69, 9.17) is 4.74 Å². The molecule has 34 heavy (non-hydrogen) atoms. The molecule has 2 heterocycles. The monoisotopic (exact) mass is 464 g/mol. The number of aromatic nitrogens is 2. The zero-order valence-electron chi connectivity index (χ0n) is 18.7. The molecule has 0 saturated carbocycles. The molecule has 0 radical (unpaired) electrons. The van der Waals surface area contributed by atoms with E-state index in [-0.39, 0.29) is 18.3 Å². The number of para-hydroxylation sites is 1. The number of anilines is 3. The molecule has 0 atom stereocenters. The van der Waals surface area contributed by atoms with E-state index >= 15 is 0 Å². The molecule has 0 unspecified atom stereocenters.